The maximum Gasteiger partial charge on any atom is 0.226 e. The van der Waals surface area contributed by atoms with Crippen LogP contribution in [0.5, 0.6) is 0 Å². The number of fused-ring (bicyclic) bond motifs is 1. The van der Waals surface area contributed by atoms with E-state index < -0.39 is 0 Å². The standard InChI is InChI=1S/C20H23N3O/c1-4-20(24)23(5-2)16-10-9-15-7-6-8-17(18(15)11-16)14(3)19-12-21-13-22-19/h6-14H,4-5H2,1-3H3,(H,21,22). The van der Waals surface area contributed by atoms with E-state index >= 15 is 0 Å². The Morgan fingerprint density at radius 1 is 1.25 bits per heavy atom. The Hall–Kier alpha value is -2.62. The Kier molecular flexibility index (Phi) is 4.65. The molecule has 0 aliphatic carbocycles. The topological polar surface area (TPSA) is 49.0 Å². The number of imidazole rings is 1. The lowest BCUT2D eigenvalue weighted by atomic mass is 9.92. The van der Waals surface area contributed by atoms with Crippen molar-refractivity contribution >= 4 is 22.4 Å². The molecule has 4 heteroatoms. The number of hydrogen-bond acceptors (Lipinski definition) is 2. The lowest BCUT2D eigenvalue weighted by Gasteiger charge is -2.22. The number of amides is 1. The largest absolute Gasteiger partial charge is 0.351 e. The second-order valence-electron chi connectivity index (χ2n) is 5.96. The molecule has 0 aliphatic rings. The van der Waals surface area contributed by atoms with E-state index in [0.717, 1.165) is 11.4 Å². The number of benzene rings is 2. The highest BCUT2D eigenvalue weighted by Gasteiger charge is 2.16. The van der Waals surface area contributed by atoms with Crippen LogP contribution < -0.4 is 4.90 Å². The third-order valence-corrected chi connectivity index (χ3v) is 4.56. The van der Waals surface area contributed by atoms with Crippen molar-refractivity contribution in [1.29, 1.82) is 0 Å². The van der Waals surface area contributed by atoms with Crippen LogP contribution in [0.2, 0.25) is 0 Å². The monoisotopic (exact) mass is 321 g/mol. The van der Waals surface area contributed by atoms with Gasteiger partial charge in [-0.05, 0) is 35.4 Å². The van der Waals surface area contributed by atoms with Crippen LogP contribution in [0.15, 0.2) is 48.9 Å². The van der Waals surface area contributed by atoms with Crippen molar-refractivity contribution in [3.8, 4) is 0 Å². The number of nitrogens with one attached hydrogen (secondary N) is 1. The molecule has 0 aliphatic heterocycles. The molecular formula is C20H23N3O. The van der Waals surface area contributed by atoms with Gasteiger partial charge < -0.3 is 9.88 Å². The zero-order chi connectivity index (χ0) is 17.1. The number of carbonyl (C=O) groups is 1. The highest BCUT2D eigenvalue weighted by atomic mass is 16.2. The summed E-state index contributed by atoms with van der Waals surface area (Å²) >= 11 is 0. The van der Waals surface area contributed by atoms with Crippen molar-refractivity contribution < 1.29 is 4.79 Å². The van der Waals surface area contributed by atoms with Gasteiger partial charge in [0.2, 0.25) is 5.91 Å². The average molecular weight is 321 g/mol. The summed E-state index contributed by atoms with van der Waals surface area (Å²) in [5.74, 6) is 0.335. The van der Waals surface area contributed by atoms with Crippen LogP contribution in [-0.2, 0) is 4.79 Å². The number of nitrogens with zero attached hydrogens (tertiary/aromatic N) is 2. The minimum Gasteiger partial charge on any atom is -0.351 e. The molecule has 1 heterocycles. The second kappa shape index (κ2) is 6.87. The summed E-state index contributed by atoms with van der Waals surface area (Å²) in [6.07, 6.45) is 4.16. The van der Waals surface area contributed by atoms with Gasteiger partial charge in [0.15, 0.2) is 0 Å². The van der Waals surface area contributed by atoms with E-state index in [1.54, 1.807) is 6.33 Å². The third-order valence-electron chi connectivity index (χ3n) is 4.56. The van der Waals surface area contributed by atoms with Gasteiger partial charge in [0, 0.05) is 30.8 Å². The van der Waals surface area contributed by atoms with Crippen LogP contribution in [0.25, 0.3) is 10.8 Å². The summed E-state index contributed by atoms with van der Waals surface area (Å²) in [6.45, 7) is 6.74. The molecule has 1 N–H and O–H groups in total. The number of hydrogen-bond donors (Lipinski definition) is 1. The zero-order valence-corrected chi connectivity index (χ0v) is 14.4. The zero-order valence-electron chi connectivity index (χ0n) is 14.4. The van der Waals surface area contributed by atoms with Crippen molar-refractivity contribution in [2.75, 3.05) is 11.4 Å². The summed E-state index contributed by atoms with van der Waals surface area (Å²) < 4.78 is 0. The minimum absolute atomic E-state index is 0.148. The van der Waals surface area contributed by atoms with Crippen LogP contribution in [0.4, 0.5) is 5.69 Å². The fourth-order valence-corrected chi connectivity index (χ4v) is 3.19. The van der Waals surface area contributed by atoms with Crippen LogP contribution >= 0.6 is 0 Å². The SMILES string of the molecule is CCC(=O)N(CC)c1ccc2cccc(C(C)c3c[nH]cn3)c2c1. The number of aromatic nitrogens is 2. The van der Waals surface area contributed by atoms with E-state index in [1.807, 2.05) is 31.0 Å². The molecule has 0 saturated heterocycles. The van der Waals surface area contributed by atoms with Gasteiger partial charge in [0.1, 0.15) is 0 Å². The molecule has 0 bridgehead atoms. The molecule has 4 nitrogen and oxygen atoms in total. The molecule has 0 radical (unpaired) electrons. The first-order valence-corrected chi connectivity index (χ1v) is 8.47. The number of anilines is 1. The first kappa shape index (κ1) is 16.2. The Morgan fingerprint density at radius 2 is 2.08 bits per heavy atom. The van der Waals surface area contributed by atoms with Crippen molar-refractivity contribution in [3.63, 3.8) is 0 Å². The summed E-state index contributed by atoms with van der Waals surface area (Å²) in [4.78, 5) is 21.5. The van der Waals surface area contributed by atoms with Gasteiger partial charge in [-0.25, -0.2) is 4.98 Å². The first-order chi connectivity index (χ1) is 11.7. The Balaban J connectivity index is 2.11. The molecule has 3 rings (SSSR count). The van der Waals surface area contributed by atoms with Gasteiger partial charge in [-0.1, -0.05) is 38.1 Å². The van der Waals surface area contributed by atoms with Crippen LogP contribution in [0, 0.1) is 0 Å². The number of aromatic amines is 1. The summed E-state index contributed by atoms with van der Waals surface area (Å²) in [6, 6.07) is 12.6. The first-order valence-electron chi connectivity index (χ1n) is 8.47. The van der Waals surface area contributed by atoms with Crippen molar-refractivity contribution in [2.24, 2.45) is 0 Å². The quantitative estimate of drug-likeness (QED) is 0.753. The molecule has 1 amide bonds. The molecule has 1 aromatic heterocycles. The van der Waals surface area contributed by atoms with E-state index in [1.165, 1.54) is 16.3 Å². The van der Waals surface area contributed by atoms with Crippen LogP contribution in [0.3, 0.4) is 0 Å². The maximum atomic E-state index is 12.2. The highest BCUT2D eigenvalue weighted by Crippen LogP contribution is 2.32. The van der Waals surface area contributed by atoms with Crippen molar-refractivity contribution in [1.82, 2.24) is 9.97 Å². The predicted octanol–water partition coefficient (Wildman–Crippen LogP) is 4.48. The summed E-state index contributed by atoms with van der Waals surface area (Å²) in [5.41, 5.74) is 3.20. The van der Waals surface area contributed by atoms with Gasteiger partial charge in [0.05, 0.1) is 12.0 Å². The molecule has 0 saturated carbocycles. The van der Waals surface area contributed by atoms with E-state index in [0.29, 0.717) is 13.0 Å². The number of H-pyrrole nitrogens is 1. The van der Waals surface area contributed by atoms with Gasteiger partial charge in [-0.2, -0.15) is 0 Å². The van der Waals surface area contributed by atoms with E-state index in [-0.39, 0.29) is 11.8 Å². The smallest absolute Gasteiger partial charge is 0.226 e. The molecule has 2 aromatic carbocycles. The van der Waals surface area contributed by atoms with Gasteiger partial charge in [0.25, 0.3) is 0 Å². The molecule has 3 aromatic rings. The van der Waals surface area contributed by atoms with Crippen molar-refractivity contribution in [2.45, 2.75) is 33.1 Å². The van der Waals surface area contributed by atoms with Gasteiger partial charge >= 0.3 is 0 Å². The number of rotatable bonds is 5. The molecular weight excluding hydrogens is 298 g/mol. The fourth-order valence-electron chi connectivity index (χ4n) is 3.19. The Bertz CT molecular complexity index is 839. The van der Waals surface area contributed by atoms with E-state index in [9.17, 15) is 4.79 Å². The number of carbonyl (C=O) groups excluding carboxylic acids is 1. The molecule has 1 atom stereocenters. The molecule has 1 unspecified atom stereocenters. The van der Waals surface area contributed by atoms with E-state index in [2.05, 4.69) is 47.2 Å². The fraction of sp³-hybridized carbons (Fsp3) is 0.300. The molecule has 124 valence electrons. The lowest BCUT2D eigenvalue weighted by Crippen LogP contribution is -2.29. The third kappa shape index (κ3) is 2.92. The Labute approximate surface area is 142 Å². The predicted molar refractivity (Wildman–Crippen MR) is 98.4 cm³/mol. The highest BCUT2D eigenvalue weighted by molar-refractivity contribution is 5.97. The normalized spacial score (nSPS) is 12.3. The van der Waals surface area contributed by atoms with Crippen LogP contribution in [0.1, 0.15) is 44.4 Å². The van der Waals surface area contributed by atoms with Crippen LogP contribution in [-0.4, -0.2) is 22.4 Å². The summed E-state index contributed by atoms with van der Waals surface area (Å²) in [7, 11) is 0. The second-order valence-corrected chi connectivity index (χ2v) is 5.96. The molecule has 24 heavy (non-hydrogen) atoms. The average Bonchev–Trinajstić information content (AvgIpc) is 3.15. The lowest BCUT2D eigenvalue weighted by molar-refractivity contribution is -0.118. The molecule has 0 fully saturated rings. The Morgan fingerprint density at radius 3 is 2.75 bits per heavy atom. The van der Waals surface area contributed by atoms with E-state index in [4.69, 9.17) is 0 Å². The summed E-state index contributed by atoms with van der Waals surface area (Å²) in [5, 5.41) is 2.35. The van der Waals surface area contributed by atoms with Crippen molar-refractivity contribution in [3.05, 3.63) is 60.2 Å². The minimum atomic E-state index is 0.148. The maximum absolute atomic E-state index is 12.2. The van der Waals surface area contributed by atoms with Gasteiger partial charge in [-0.3, -0.25) is 4.79 Å². The molecule has 0 spiro atoms. The van der Waals surface area contributed by atoms with Gasteiger partial charge in [-0.15, -0.1) is 0 Å².